The monoisotopic (exact) mass is 531 g/mol. The van der Waals surface area contributed by atoms with Gasteiger partial charge in [-0.2, -0.15) is 0 Å². The summed E-state index contributed by atoms with van der Waals surface area (Å²) in [7, 11) is -1.34. The van der Waals surface area contributed by atoms with Crippen LogP contribution in [-0.2, 0) is 40.6 Å². The lowest BCUT2D eigenvalue weighted by atomic mass is 9.86. The van der Waals surface area contributed by atoms with Gasteiger partial charge in [0.1, 0.15) is 11.6 Å². The summed E-state index contributed by atoms with van der Waals surface area (Å²) in [5, 5.41) is 0. The summed E-state index contributed by atoms with van der Waals surface area (Å²) in [6, 6.07) is 22.6. The molecule has 196 valence electrons. The number of nitrogens with zero attached hydrogens (tertiary/aromatic N) is 3. The van der Waals surface area contributed by atoms with Gasteiger partial charge in [0.15, 0.2) is 9.84 Å². The van der Waals surface area contributed by atoms with Gasteiger partial charge in [-0.15, -0.1) is 0 Å². The average molecular weight is 532 g/mol. The van der Waals surface area contributed by atoms with Crippen LogP contribution in [0.4, 0.5) is 4.39 Å². The second-order valence-electron chi connectivity index (χ2n) is 9.52. The molecule has 0 bridgehead atoms. The Hall–Kier alpha value is -3.75. The summed E-state index contributed by atoms with van der Waals surface area (Å²) in [6.07, 6.45) is 4.90. The highest BCUT2D eigenvalue weighted by Crippen LogP contribution is 2.25. The predicted octanol–water partition coefficient (Wildman–Crippen LogP) is 4.79. The Balaban J connectivity index is 1.47. The third kappa shape index (κ3) is 7.63. The zero-order chi connectivity index (χ0) is 27.1. The van der Waals surface area contributed by atoms with E-state index in [0.29, 0.717) is 24.2 Å². The first-order valence-electron chi connectivity index (χ1n) is 12.3. The minimum atomic E-state index is -3.36. The molecule has 1 heterocycles. The molecule has 0 N–H and O–H groups in total. The van der Waals surface area contributed by atoms with Gasteiger partial charge in [0, 0.05) is 31.5 Å². The quantitative estimate of drug-likeness (QED) is 0.277. The smallest absolute Gasteiger partial charge is 0.175 e. The Bertz CT molecular complexity index is 1460. The van der Waals surface area contributed by atoms with Crippen molar-refractivity contribution in [1.82, 2.24) is 14.9 Å². The topological polar surface area (TPSA) is 80.2 Å². The molecule has 0 radical (unpaired) electrons. The Labute approximate surface area is 223 Å². The van der Waals surface area contributed by atoms with Gasteiger partial charge in [0.25, 0.3) is 0 Å². The maximum atomic E-state index is 13.5. The number of Topliss-reactive ketones (excluding diaryl/α,β-unsaturated/α-hetero) is 1. The number of ketones is 1. The van der Waals surface area contributed by atoms with Crippen LogP contribution in [0.1, 0.15) is 34.0 Å². The van der Waals surface area contributed by atoms with Gasteiger partial charge in [-0.1, -0.05) is 54.6 Å². The van der Waals surface area contributed by atoms with E-state index in [0.717, 1.165) is 24.1 Å². The molecule has 0 spiro atoms. The molecule has 3 aromatic carbocycles. The highest BCUT2D eigenvalue weighted by atomic mass is 32.2. The van der Waals surface area contributed by atoms with Crippen LogP contribution >= 0.6 is 0 Å². The summed E-state index contributed by atoms with van der Waals surface area (Å²) >= 11 is 0. The lowest BCUT2D eigenvalue weighted by molar-refractivity contribution is -0.119. The van der Waals surface area contributed by atoms with E-state index >= 15 is 0 Å². The number of halogens is 1. The van der Waals surface area contributed by atoms with Crippen LogP contribution in [0.3, 0.4) is 0 Å². The van der Waals surface area contributed by atoms with Crippen LogP contribution in [0.5, 0.6) is 0 Å². The fourth-order valence-corrected chi connectivity index (χ4v) is 4.94. The van der Waals surface area contributed by atoms with Gasteiger partial charge in [0.05, 0.1) is 28.9 Å². The van der Waals surface area contributed by atoms with E-state index in [1.807, 2.05) is 25.2 Å². The minimum Gasteiger partial charge on any atom is -0.299 e. The zero-order valence-electron chi connectivity index (χ0n) is 21.4. The third-order valence-electron chi connectivity index (χ3n) is 6.29. The molecule has 4 aromatic rings. The molecule has 0 saturated heterocycles. The molecule has 4 rings (SSSR count). The number of aromatic nitrogens is 2. The van der Waals surface area contributed by atoms with E-state index < -0.39 is 15.8 Å². The summed E-state index contributed by atoms with van der Waals surface area (Å²) in [5.74, 6) is -0.976. The molecular formula is C30H30FN3O3S. The van der Waals surface area contributed by atoms with Gasteiger partial charge in [-0.05, 0) is 54.4 Å². The Morgan fingerprint density at radius 1 is 0.842 bits per heavy atom. The van der Waals surface area contributed by atoms with Crippen molar-refractivity contribution < 1.29 is 17.6 Å². The van der Waals surface area contributed by atoms with Crippen molar-refractivity contribution in [3.05, 3.63) is 125 Å². The lowest BCUT2D eigenvalue weighted by Crippen LogP contribution is -2.20. The van der Waals surface area contributed by atoms with Gasteiger partial charge in [0.2, 0.25) is 0 Å². The standard InChI is InChI=1S/C30H30FN3O3S/c1-34(20-23-6-4-3-5-7-23)21-27-19-32-26(18-33-27)17-30(35)29(16-22-8-12-25(31)13-9-22)24-10-14-28(15-11-24)38(2,36)37/h3-15,18-19,29H,16-17,20-21H2,1-2H3. The van der Waals surface area contributed by atoms with Crippen LogP contribution in [0.15, 0.2) is 96.2 Å². The molecule has 38 heavy (non-hydrogen) atoms. The molecule has 1 unspecified atom stereocenters. The number of rotatable bonds is 11. The van der Waals surface area contributed by atoms with Crippen LogP contribution in [0, 0.1) is 5.82 Å². The highest BCUT2D eigenvalue weighted by molar-refractivity contribution is 7.90. The molecule has 8 heteroatoms. The summed E-state index contributed by atoms with van der Waals surface area (Å²) < 4.78 is 37.2. The largest absolute Gasteiger partial charge is 0.299 e. The molecule has 0 fully saturated rings. The molecule has 6 nitrogen and oxygen atoms in total. The molecule has 1 atom stereocenters. The first-order chi connectivity index (χ1) is 18.2. The van der Waals surface area contributed by atoms with Crippen molar-refractivity contribution in [3.63, 3.8) is 0 Å². The van der Waals surface area contributed by atoms with E-state index in [1.165, 1.54) is 29.8 Å². The van der Waals surface area contributed by atoms with E-state index in [9.17, 15) is 17.6 Å². The third-order valence-corrected chi connectivity index (χ3v) is 7.42. The van der Waals surface area contributed by atoms with E-state index in [-0.39, 0.29) is 22.9 Å². The second-order valence-corrected chi connectivity index (χ2v) is 11.5. The van der Waals surface area contributed by atoms with Crippen molar-refractivity contribution in [3.8, 4) is 0 Å². The number of carbonyl (C=O) groups excluding carboxylic acids is 1. The minimum absolute atomic E-state index is 0.0762. The molecule has 0 aliphatic rings. The van der Waals surface area contributed by atoms with Gasteiger partial charge < -0.3 is 0 Å². The normalized spacial score (nSPS) is 12.4. The number of hydrogen-bond acceptors (Lipinski definition) is 6. The predicted molar refractivity (Wildman–Crippen MR) is 145 cm³/mol. The van der Waals surface area contributed by atoms with Crippen molar-refractivity contribution in [2.24, 2.45) is 0 Å². The molecule has 1 aromatic heterocycles. The van der Waals surface area contributed by atoms with Crippen molar-refractivity contribution >= 4 is 15.6 Å². The van der Waals surface area contributed by atoms with Crippen LogP contribution in [0.2, 0.25) is 0 Å². The molecule has 0 aliphatic heterocycles. The highest BCUT2D eigenvalue weighted by Gasteiger charge is 2.23. The Morgan fingerprint density at radius 2 is 1.47 bits per heavy atom. The maximum absolute atomic E-state index is 13.5. The summed E-state index contributed by atoms with van der Waals surface area (Å²) in [6.45, 7) is 1.40. The second kappa shape index (κ2) is 12.2. The fraction of sp³-hybridized carbons (Fsp3) is 0.233. The van der Waals surface area contributed by atoms with E-state index in [4.69, 9.17) is 0 Å². The fourth-order valence-electron chi connectivity index (χ4n) is 4.30. The van der Waals surface area contributed by atoms with E-state index in [1.54, 1.807) is 36.7 Å². The maximum Gasteiger partial charge on any atom is 0.175 e. The average Bonchev–Trinajstić information content (AvgIpc) is 2.89. The van der Waals surface area contributed by atoms with Crippen molar-refractivity contribution in [1.29, 1.82) is 0 Å². The first-order valence-corrected chi connectivity index (χ1v) is 14.2. The summed E-state index contributed by atoms with van der Waals surface area (Å²) in [5.41, 5.74) is 4.07. The number of benzene rings is 3. The van der Waals surface area contributed by atoms with Crippen LogP contribution in [0.25, 0.3) is 0 Å². The Morgan fingerprint density at radius 3 is 2.08 bits per heavy atom. The zero-order valence-corrected chi connectivity index (χ0v) is 22.2. The van der Waals surface area contributed by atoms with Gasteiger partial charge in [-0.25, -0.2) is 12.8 Å². The molecule has 0 amide bonds. The molecular weight excluding hydrogens is 501 g/mol. The molecule has 0 saturated carbocycles. The SMILES string of the molecule is CN(Cc1ccccc1)Cc1cnc(CC(=O)C(Cc2ccc(F)cc2)c2ccc(S(C)(=O)=O)cc2)cn1. The van der Waals surface area contributed by atoms with Crippen molar-refractivity contribution in [2.45, 2.75) is 36.7 Å². The van der Waals surface area contributed by atoms with Crippen molar-refractivity contribution in [2.75, 3.05) is 13.3 Å². The molecule has 0 aliphatic carbocycles. The summed E-state index contributed by atoms with van der Waals surface area (Å²) in [4.78, 5) is 24.8. The first kappa shape index (κ1) is 27.3. The number of sulfone groups is 1. The van der Waals surface area contributed by atoms with E-state index in [2.05, 4.69) is 27.0 Å². The van der Waals surface area contributed by atoms with Gasteiger partial charge >= 0.3 is 0 Å². The lowest BCUT2D eigenvalue weighted by Gasteiger charge is -2.18. The van der Waals surface area contributed by atoms with Crippen LogP contribution < -0.4 is 0 Å². The number of carbonyl (C=O) groups is 1. The number of hydrogen-bond donors (Lipinski definition) is 0. The van der Waals surface area contributed by atoms with Crippen LogP contribution in [-0.4, -0.2) is 42.4 Å². The Kier molecular flexibility index (Phi) is 8.76. The van der Waals surface area contributed by atoms with Gasteiger partial charge in [-0.3, -0.25) is 19.7 Å².